The number of ketones is 1. The molecule has 0 unspecified atom stereocenters. The fraction of sp³-hybridized carbons (Fsp3) is 0.857. The van der Waals surface area contributed by atoms with Gasteiger partial charge in [-0.05, 0) is 0 Å². The predicted octanol–water partition coefficient (Wildman–Crippen LogP) is -2.69. The first kappa shape index (κ1) is 13.4. The van der Waals surface area contributed by atoms with Crippen LogP contribution in [0.5, 0.6) is 0 Å². The van der Waals surface area contributed by atoms with Crippen molar-refractivity contribution >= 4 is 5.78 Å². The molecule has 0 aromatic heterocycles. The number of rotatable bonds is 5. The van der Waals surface area contributed by atoms with Crippen molar-refractivity contribution in [3.05, 3.63) is 0 Å². The minimum absolute atomic E-state index is 0.668. The molecular weight excluding hydrogens is 199 g/mol. The van der Waals surface area contributed by atoms with Crippen LogP contribution in [0.4, 0.5) is 4.39 Å². The number of Topliss-reactive ketones (excluding diaryl/α,β-unsaturated/α-hetero) is 1. The molecule has 0 radical (unpaired) electrons. The molecule has 0 fully saturated rings. The van der Waals surface area contributed by atoms with E-state index in [1.165, 1.54) is 0 Å². The van der Waals surface area contributed by atoms with Crippen molar-refractivity contribution in [3.63, 3.8) is 0 Å². The fourth-order valence-electron chi connectivity index (χ4n) is 0.753. The SMILES string of the molecule is CC(=O)[C@@](O)(F)[C@@H](O)[C@H](O)[C@H](O)CO. The van der Waals surface area contributed by atoms with Gasteiger partial charge < -0.3 is 25.5 Å². The largest absolute Gasteiger partial charge is 0.394 e. The zero-order valence-corrected chi connectivity index (χ0v) is 7.46. The molecule has 0 saturated carbocycles. The summed E-state index contributed by atoms with van der Waals surface area (Å²) in [7, 11) is 0. The number of hydrogen-bond acceptors (Lipinski definition) is 6. The van der Waals surface area contributed by atoms with E-state index in [1.54, 1.807) is 0 Å². The van der Waals surface area contributed by atoms with Gasteiger partial charge in [-0.2, -0.15) is 0 Å². The fourth-order valence-corrected chi connectivity index (χ4v) is 0.753. The standard InChI is InChI=1S/C7H13FO6/c1-3(10)7(8,14)6(13)5(12)4(11)2-9/h4-6,9,11-14H,2H2,1H3/t4-,5-,6+,7+/m1/s1. The van der Waals surface area contributed by atoms with E-state index >= 15 is 0 Å². The number of alkyl halides is 1. The van der Waals surface area contributed by atoms with Crippen LogP contribution in [0.3, 0.4) is 0 Å². The Morgan fingerprint density at radius 2 is 1.86 bits per heavy atom. The van der Waals surface area contributed by atoms with Crippen molar-refractivity contribution in [1.29, 1.82) is 0 Å². The summed E-state index contributed by atoms with van der Waals surface area (Å²) in [4.78, 5) is 10.5. The van der Waals surface area contributed by atoms with Gasteiger partial charge in [0.2, 0.25) is 0 Å². The number of hydrogen-bond donors (Lipinski definition) is 5. The molecule has 7 heteroatoms. The minimum atomic E-state index is -3.64. The second-order valence-corrected chi connectivity index (χ2v) is 2.91. The molecule has 0 spiro atoms. The smallest absolute Gasteiger partial charge is 0.294 e. The first-order chi connectivity index (χ1) is 6.25. The zero-order chi connectivity index (χ0) is 11.5. The van der Waals surface area contributed by atoms with Gasteiger partial charge in [-0.15, -0.1) is 0 Å². The molecule has 14 heavy (non-hydrogen) atoms. The molecule has 0 heterocycles. The van der Waals surface area contributed by atoms with Crippen molar-refractivity contribution in [2.45, 2.75) is 31.1 Å². The van der Waals surface area contributed by atoms with Crippen LogP contribution in [0.2, 0.25) is 0 Å². The maximum Gasteiger partial charge on any atom is 0.294 e. The molecule has 0 aromatic rings. The predicted molar refractivity (Wildman–Crippen MR) is 41.8 cm³/mol. The lowest BCUT2D eigenvalue weighted by atomic mass is 9.99. The third-order valence-corrected chi connectivity index (χ3v) is 1.79. The molecule has 0 aliphatic carbocycles. The van der Waals surface area contributed by atoms with Gasteiger partial charge in [-0.1, -0.05) is 0 Å². The summed E-state index contributed by atoms with van der Waals surface area (Å²) < 4.78 is 13.0. The first-order valence-corrected chi connectivity index (χ1v) is 3.82. The van der Waals surface area contributed by atoms with Crippen molar-refractivity contribution in [3.8, 4) is 0 Å². The lowest BCUT2D eigenvalue weighted by Gasteiger charge is -2.28. The van der Waals surface area contributed by atoms with Gasteiger partial charge in [0.15, 0.2) is 5.78 Å². The van der Waals surface area contributed by atoms with Gasteiger partial charge >= 0.3 is 0 Å². The average molecular weight is 212 g/mol. The topological polar surface area (TPSA) is 118 Å². The molecular formula is C7H13FO6. The Morgan fingerprint density at radius 1 is 1.43 bits per heavy atom. The quantitative estimate of drug-likeness (QED) is 0.338. The van der Waals surface area contributed by atoms with Crippen LogP contribution in [0.1, 0.15) is 6.92 Å². The molecule has 0 aliphatic rings. The normalized spacial score (nSPS) is 22.2. The molecule has 84 valence electrons. The molecule has 4 atom stereocenters. The van der Waals surface area contributed by atoms with Gasteiger partial charge in [0.25, 0.3) is 5.85 Å². The number of aliphatic hydroxyl groups is 5. The van der Waals surface area contributed by atoms with E-state index in [1.807, 2.05) is 0 Å². The third kappa shape index (κ3) is 2.69. The molecule has 0 bridgehead atoms. The molecule has 5 N–H and O–H groups in total. The van der Waals surface area contributed by atoms with E-state index in [2.05, 4.69) is 0 Å². The second-order valence-electron chi connectivity index (χ2n) is 2.91. The monoisotopic (exact) mass is 212 g/mol. The Hall–Kier alpha value is -0.600. The number of carbonyl (C=O) groups excluding carboxylic acids is 1. The van der Waals surface area contributed by atoms with E-state index < -0.39 is 36.6 Å². The van der Waals surface area contributed by atoms with Gasteiger partial charge in [0, 0.05) is 6.92 Å². The van der Waals surface area contributed by atoms with E-state index in [0.29, 0.717) is 6.92 Å². The number of halogens is 1. The molecule has 0 rings (SSSR count). The Kier molecular flexibility index (Phi) is 4.56. The number of carbonyl (C=O) groups is 1. The molecule has 6 nitrogen and oxygen atoms in total. The minimum Gasteiger partial charge on any atom is -0.394 e. The highest BCUT2D eigenvalue weighted by molar-refractivity contribution is 5.83. The van der Waals surface area contributed by atoms with Crippen LogP contribution < -0.4 is 0 Å². The van der Waals surface area contributed by atoms with Crippen LogP contribution in [0.15, 0.2) is 0 Å². The molecule has 0 aliphatic heterocycles. The van der Waals surface area contributed by atoms with Crippen LogP contribution in [-0.4, -0.2) is 62.1 Å². The van der Waals surface area contributed by atoms with Gasteiger partial charge in [0.1, 0.15) is 18.3 Å². The summed E-state index contributed by atoms with van der Waals surface area (Å²) in [6, 6.07) is 0. The van der Waals surface area contributed by atoms with Gasteiger partial charge in [0.05, 0.1) is 6.61 Å². The summed E-state index contributed by atoms with van der Waals surface area (Å²) in [6.45, 7) is -0.270. The second kappa shape index (κ2) is 4.76. The number of aliphatic hydroxyl groups excluding tert-OH is 4. The lowest BCUT2D eigenvalue weighted by Crippen LogP contribution is -2.54. The summed E-state index contributed by atoms with van der Waals surface area (Å²) in [5.74, 6) is -5.05. The Bertz CT molecular complexity index is 206. The van der Waals surface area contributed by atoms with Gasteiger partial charge in [-0.3, -0.25) is 4.79 Å². The summed E-state index contributed by atoms with van der Waals surface area (Å²) in [6.07, 6.45) is -6.51. The third-order valence-electron chi connectivity index (χ3n) is 1.79. The average Bonchev–Trinajstić information content (AvgIpc) is 2.13. The Labute approximate surface area is 79.2 Å². The van der Waals surface area contributed by atoms with E-state index in [0.717, 1.165) is 0 Å². The van der Waals surface area contributed by atoms with Crippen LogP contribution in [-0.2, 0) is 4.79 Å². The highest BCUT2D eigenvalue weighted by atomic mass is 19.2. The van der Waals surface area contributed by atoms with Crippen molar-refractivity contribution in [2.75, 3.05) is 6.61 Å². The van der Waals surface area contributed by atoms with E-state index in [9.17, 15) is 9.18 Å². The maximum absolute atomic E-state index is 13.0. The van der Waals surface area contributed by atoms with Crippen molar-refractivity contribution in [1.82, 2.24) is 0 Å². The Morgan fingerprint density at radius 3 is 2.14 bits per heavy atom. The van der Waals surface area contributed by atoms with Crippen LogP contribution in [0.25, 0.3) is 0 Å². The molecule has 0 amide bonds. The van der Waals surface area contributed by atoms with Gasteiger partial charge in [-0.25, -0.2) is 4.39 Å². The maximum atomic E-state index is 13.0. The van der Waals surface area contributed by atoms with Crippen molar-refractivity contribution < 1.29 is 34.7 Å². The van der Waals surface area contributed by atoms with Crippen LogP contribution in [0, 0.1) is 0 Å². The first-order valence-electron chi connectivity index (χ1n) is 3.82. The van der Waals surface area contributed by atoms with Crippen LogP contribution >= 0.6 is 0 Å². The molecule has 0 aromatic carbocycles. The van der Waals surface area contributed by atoms with E-state index in [4.69, 9.17) is 25.5 Å². The highest BCUT2D eigenvalue weighted by Gasteiger charge is 2.46. The zero-order valence-electron chi connectivity index (χ0n) is 7.46. The Balaban J connectivity index is 4.60. The molecule has 0 saturated heterocycles. The van der Waals surface area contributed by atoms with Crippen molar-refractivity contribution in [2.24, 2.45) is 0 Å². The summed E-state index contributed by atoms with van der Waals surface area (Å²) >= 11 is 0. The van der Waals surface area contributed by atoms with E-state index in [-0.39, 0.29) is 0 Å². The summed E-state index contributed by atoms with van der Waals surface area (Å²) in [5.41, 5.74) is 0. The lowest BCUT2D eigenvalue weighted by molar-refractivity contribution is -0.213. The highest BCUT2D eigenvalue weighted by Crippen LogP contribution is 2.18. The summed E-state index contributed by atoms with van der Waals surface area (Å²) in [5, 5.41) is 43.8.